The van der Waals surface area contributed by atoms with Crippen LogP contribution in [0.5, 0.6) is 0 Å². The van der Waals surface area contributed by atoms with Gasteiger partial charge in [0.15, 0.2) is 5.65 Å². The average molecular weight is 311 g/mol. The van der Waals surface area contributed by atoms with E-state index in [2.05, 4.69) is 23.5 Å². The lowest BCUT2D eigenvalue weighted by Crippen LogP contribution is -2.51. The fourth-order valence-corrected chi connectivity index (χ4v) is 3.80. The predicted octanol–water partition coefficient (Wildman–Crippen LogP) is 2.85. The second-order valence-electron chi connectivity index (χ2n) is 6.52. The van der Waals surface area contributed by atoms with E-state index in [9.17, 15) is 0 Å². The number of methoxy groups -OCH3 is 1. The highest BCUT2D eigenvalue weighted by Crippen LogP contribution is 2.52. The molecular formula is C15H23ClN4O. The molecule has 0 bridgehead atoms. The van der Waals surface area contributed by atoms with Crippen molar-refractivity contribution in [2.75, 3.05) is 13.0 Å². The van der Waals surface area contributed by atoms with E-state index in [4.69, 9.17) is 21.3 Å². The molecule has 0 aromatic carbocycles. The summed E-state index contributed by atoms with van der Waals surface area (Å²) in [5.41, 5.74) is 3.15. The monoisotopic (exact) mass is 310 g/mol. The standard InChI is InChI=1S/C15H23ClN4O/c1-9-13-14(19(4)18-9)20(12(17-13)6-7-16)10-8-11(21-5)15(10,2)3/h10-11H,6-8H2,1-5H3. The summed E-state index contributed by atoms with van der Waals surface area (Å²) in [6.07, 6.45) is 2.08. The fraction of sp³-hybridized carbons (Fsp3) is 0.733. The maximum absolute atomic E-state index is 5.97. The number of hydrogen-bond acceptors (Lipinski definition) is 3. The van der Waals surface area contributed by atoms with Gasteiger partial charge in [-0.2, -0.15) is 5.10 Å². The maximum Gasteiger partial charge on any atom is 0.158 e. The summed E-state index contributed by atoms with van der Waals surface area (Å²) in [6, 6.07) is 0.375. The van der Waals surface area contributed by atoms with Crippen molar-refractivity contribution < 1.29 is 4.74 Å². The smallest absolute Gasteiger partial charge is 0.158 e. The van der Waals surface area contributed by atoms with Crippen molar-refractivity contribution in [3.8, 4) is 0 Å². The number of alkyl halides is 1. The largest absolute Gasteiger partial charge is 0.381 e. The summed E-state index contributed by atoms with van der Waals surface area (Å²) in [5, 5.41) is 4.51. The summed E-state index contributed by atoms with van der Waals surface area (Å²) in [7, 11) is 3.78. The van der Waals surface area contributed by atoms with E-state index >= 15 is 0 Å². The summed E-state index contributed by atoms with van der Waals surface area (Å²) in [5.74, 6) is 1.64. The molecular weight excluding hydrogens is 288 g/mol. The van der Waals surface area contributed by atoms with Crippen molar-refractivity contribution in [2.24, 2.45) is 12.5 Å². The van der Waals surface area contributed by atoms with Gasteiger partial charge in [-0.15, -0.1) is 11.6 Å². The third kappa shape index (κ3) is 2.01. The van der Waals surface area contributed by atoms with Crippen molar-refractivity contribution in [1.29, 1.82) is 0 Å². The highest BCUT2D eigenvalue weighted by molar-refractivity contribution is 6.17. The average Bonchev–Trinajstić information content (AvgIpc) is 2.90. The van der Waals surface area contributed by atoms with Crippen LogP contribution in [0.2, 0.25) is 0 Å². The van der Waals surface area contributed by atoms with Crippen molar-refractivity contribution in [3.63, 3.8) is 0 Å². The summed E-state index contributed by atoms with van der Waals surface area (Å²) in [6.45, 7) is 6.53. The highest BCUT2D eigenvalue weighted by atomic mass is 35.5. The third-order valence-corrected chi connectivity index (χ3v) is 5.14. The van der Waals surface area contributed by atoms with Gasteiger partial charge < -0.3 is 9.30 Å². The molecule has 0 spiro atoms. The molecule has 5 nitrogen and oxygen atoms in total. The number of nitrogens with zero attached hydrogens (tertiary/aromatic N) is 4. The van der Waals surface area contributed by atoms with Crippen LogP contribution in [0.3, 0.4) is 0 Å². The van der Waals surface area contributed by atoms with Gasteiger partial charge in [0.25, 0.3) is 0 Å². The van der Waals surface area contributed by atoms with Crippen molar-refractivity contribution >= 4 is 22.8 Å². The van der Waals surface area contributed by atoms with Crippen molar-refractivity contribution in [3.05, 3.63) is 11.5 Å². The van der Waals surface area contributed by atoms with E-state index in [-0.39, 0.29) is 11.5 Å². The zero-order valence-corrected chi connectivity index (χ0v) is 14.1. The van der Waals surface area contributed by atoms with Crippen LogP contribution in [-0.4, -0.2) is 38.4 Å². The molecule has 1 fully saturated rings. The molecule has 21 heavy (non-hydrogen) atoms. The van der Waals surface area contributed by atoms with E-state index in [1.165, 1.54) is 0 Å². The Hall–Kier alpha value is -1.07. The second-order valence-corrected chi connectivity index (χ2v) is 6.89. The number of aryl methyl sites for hydroxylation is 3. The summed E-state index contributed by atoms with van der Waals surface area (Å²) < 4.78 is 9.87. The van der Waals surface area contributed by atoms with E-state index in [0.29, 0.717) is 11.9 Å². The van der Waals surface area contributed by atoms with Gasteiger partial charge in [-0.1, -0.05) is 13.8 Å². The minimum Gasteiger partial charge on any atom is -0.381 e. The minimum absolute atomic E-state index is 0.0849. The fourth-order valence-electron chi connectivity index (χ4n) is 3.63. The SMILES string of the molecule is COC1CC(n2c(CCCl)nc3c(C)nn(C)c32)C1(C)C. The Labute approximate surface area is 130 Å². The Morgan fingerprint density at radius 2 is 2.14 bits per heavy atom. The van der Waals surface area contributed by atoms with E-state index in [1.807, 2.05) is 18.7 Å². The first-order chi connectivity index (χ1) is 9.91. The molecule has 1 saturated carbocycles. The molecule has 2 unspecified atom stereocenters. The van der Waals surface area contributed by atoms with Gasteiger partial charge in [0, 0.05) is 37.9 Å². The van der Waals surface area contributed by atoms with Gasteiger partial charge in [-0.05, 0) is 13.3 Å². The zero-order chi connectivity index (χ0) is 15.4. The molecule has 3 rings (SSSR count). The van der Waals surface area contributed by atoms with Crippen molar-refractivity contribution in [2.45, 2.75) is 45.8 Å². The lowest BCUT2D eigenvalue weighted by atomic mass is 9.64. The first-order valence-corrected chi connectivity index (χ1v) is 7.94. The van der Waals surface area contributed by atoms with Gasteiger partial charge in [0.05, 0.1) is 11.8 Å². The Morgan fingerprint density at radius 3 is 2.71 bits per heavy atom. The van der Waals surface area contributed by atoms with E-state index < -0.39 is 0 Å². The molecule has 0 saturated heterocycles. The first kappa shape index (κ1) is 14.9. The number of aromatic nitrogens is 4. The van der Waals surface area contributed by atoms with Gasteiger partial charge in [-0.3, -0.25) is 4.68 Å². The highest BCUT2D eigenvalue weighted by Gasteiger charge is 2.51. The quantitative estimate of drug-likeness (QED) is 0.816. The molecule has 1 aliphatic carbocycles. The van der Waals surface area contributed by atoms with E-state index in [0.717, 1.165) is 35.5 Å². The molecule has 1 aliphatic rings. The minimum atomic E-state index is 0.0849. The Morgan fingerprint density at radius 1 is 1.43 bits per heavy atom. The van der Waals surface area contributed by atoms with Crippen LogP contribution in [0.4, 0.5) is 0 Å². The molecule has 0 amide bonds. The zero-order valence-electron chi connectivity index (χ0n) is 13.4. The number of ether oxygens (including phenoxy) is 1. The van der Waals surface area contributed by atoms with Gasteiger partial charge >= 0.3 is 0 Å². The van der Waals surface area contributed by atoms with Gasteiger partial charge in [0.2, 0.25) is 0 Å². The van der Waals surface area contributed by atoms with E-state index in [1.54, 1.807) is 7.11 Å². The van der Waals surface area contributed by atoms with Crippen LogP contribution < -0.4 is 0 Å². The molecule has 0 radical (unpaired) electrons. The molecule has 0 aliphatic heterocycles. The summed E-state index contributed by atoms with van der Waals surface area (Å²) in [4.78, 5) is 4.80. The Balaban J connectivity index is 2.14. The molecule has 2 aromatic rings. The molecule has 2 atom stereocenters. The predicted molar refractivity (Wildman–Crippen MR) is 83.9 cm³/mol. The lowest BCUT2D eigenvalue weighted by molar-refractivity contribution is -0.112. The third-order valence-electron chi connectivity index (χ3n) is 4.95. The van der Waals surface area contributed by atoms with Gasteiger partial charge in [0.1, 0.15) is 11.3 Å². The van der Waals surface area contributed by atoms with Crippen LogP contribution in [0.15, 0.2) is 0 Å². The number of halogens is 1. The van der Waals surface area contributed by atoms with Crippen LogP contribution >= 0.6 is 11.6 Å². The topological polar surface area (TPSA) is 44.9 Å². The Kier molecular flexibility index (Phi) is 3.53. The second kappa shape index (κ2) is 4.99. The van der Waals surface area contributed by atoms with Crippen LogP contribution in [0, 0.1) is 12.3 Å². The van der Waals surface area contributed by atoms with Crippen molar-refractivity contribution in [1.82, 2.24) is 19.3 Å². The summed E-state index contributed by atoms with van der Waals surface area (Å²) >= 11 is 5.97. The number of rotatable bonds is 4. The molecule has 6 heteroatoms. The van der Waals surface area contributed by atoms with Crippen LogP contribution in [0.1, 0.15) is 37.8 Å². The molecule has 0 N–H and O–H groups in total. The van der Waals surface area contributed by atoms with Crippen LogP contribution in [-0.2, 0) is 18.2 Å². The van der Waals surface area contributed by atoms with Gasteiger partial charge in [-0.25, -0.2) is 4.98 Å². The molecule has 2 aromatic heterocycles. The number of imidazole rings is 1. The Bertz CT molecular complexity index is 673. The molecule has 116 valence electrons. The first-order valence-electron chi connectivity index (χ1n) is 7.41. The molecule has 2 heterocycles. The van der Waals surface area contributed by atoms with Crippen LogP contribution in [0.25, 0.3) is 11.2 Å². The normalized spacial score (nSPS) is 24.5. The lowest BCUT2D eigenvalue weighted by Gasteiger charge is -2.52. The maximum atomic E-state index is 5.97. The number of hydrogen-bond donors (Lipinski definition) is 0. The number of fused-ring (bicyclic) bond motifs is 1.